The average molecular weight is 925 g/mol. The molecule has 5 fully saturated rings. The molecule has 1 spiro atoms. The van der Waals surface area contributed by atoms with Crippen molar-refractivity contribution < 1.29 is 23.9 Å². The van der Waals surface area contributed by atoms with Crippen molar-refractivity contribution in [3.8, 4) is 11.8 Å². The first kappa shape index (κ1) is 44.9. The third-order valence-corrected chi connectivity index (χ3v) is 15.8. The first-order valence-corrected chi connectivity index (χ1v) is 24.3. The van der Waals surface area contributed by atoms with Crippen LogP contribution in [-0.2, 0) is 21.6 Å². The van der Waals surface area contributed by atoms with E-state index in [1.807, 2.05) is 48.7 Å². The van der Waals surface area contributed by atoms with Crippen LogP contribution < -0.4 is 19.9 Å². The maximum Gasteiger partial charge on any atom is 0.264 e. The van der Waals surface area contributed by atoms with Crippen molar-refractivity contribution in [1.82, 2.24) is 30.0 Å². The zero-order valence-electron chi connectivity index (χ0n) is 38.4. The molecule has 7 heterocycles. The van der Waals surface area contributed by atoms with Crippen molar-refractivity contribution in [3.63, 3.8) is 0 Å². The number of hydrogen-bond donors (Lipinski definition) is 1. The lowest BCUT2D eigenvalue weighted by molar-refractivity contribution is -0.136. The van der Waals surface area contributed by atoms with E-state index in [-0.39, 0.29) is 29.6 Å². The Morgan fingerprint density at radius 2 is 1.60 bits per heavy atom. The molecule has 1 aromatic heterocycles. The first-order chi connectivity index (χ1) is 32.4. The van der Waals surface area contributed by atoms with Gasteiger partial charge in [0.25, 0.3) is 11.8 Å². The number of nitrogens with zero attached hydrogens (tertiary/aromatic N) is 8. The second-order valence-corrected chi connectivity index (χ2v) is 20.6. The Labute approximate surface area is 397 Å². The molecular weight excluding hydrogens is 866 g/mol. The molecule has 15 heteroatoms. The van der Waals surface area contributed by atoms with Gasteiger partial charge in [0, 0.05) is 67.2 Å². The number of piperidine rings is 4. The number of aromatic nitrogens is 2. The topological polar surface area (TPSA) is 155 Å². The van der Waals surface area contributed by atoms with Gasteiger partial charge in [-0.05, 0) is 137 Å². The monoisotopic (exact) mass is 923 g/mol. The Morgan fingerprint density at radius 3 is 2.31 bits per heavy atom. The lowest BCUT2D eigenvalue weighted by Crippen LogP contribution is -2.61. The molecule has 0 radical (unpaired) electrons. The molecule has 67 heavy (non-hydrogen) atoms. The number of carbonyl (C=O) groups is 4. The van der Waals surface area contributed by atoms with Crippen molar-refractivity contribution in [2.75, 3.05) is 68.7 Å². The van der Waals surface area contributed by atoms with Gasteiger partial charge < -0.3 is 24.3 Å². The van der Waals surface area contributed by atoms with E-state index in [9.17, 15) is 24.4 Å². The zero-order valence-corrected chi connectivity index (χ0v) is 39.1. The number of hydrogen-bond acceptors (Lipinski definition) is 12. The molecule has 4 amide bonds. The Morgan fingerprint density at radius 1 is 0.851 bits per heavy atom. The predicted molar refractivity (Wildman–Crippen MR) is 254 cm³/mol. The maximum absolute atomic E-state index is 13.7. The SMILES string of the molecule is CC(C)(c1ccc(OCc2ccnc(N3CCC(N4CCC(CN5CCC6(CC5)CN(c5cccc7c5C(=O)N(C5CCC(=O)NC5=O)C7=O)C6)CC4)CC3)n2)cc1)c1cc(Cl)cc(C#N)c1. The van der Waals surface area contributed by atoms with Gasteiger partial charge in [-0.1, -0.05) is 43.6 Å². The number of amides is 4. The van der Waals surface area contributed by atoms with Crippen LogP contribution in [0.3, 0.4) is 0 Å². The normalized spacial score (nSPS) is 21.9. The van der Waals surface area contributed by atoms with E-state index in [0.717, 1.165) is 124 Å². The number of halogens is 1. The van der Waals surface area contributed by atoms with Gasteiger partial charge in [0.05, 0.1) is 34.1 Å². The second kappa shape index (κ2) is 18.3. The number of fused-ring (bicyclic) bond motifs is 1. The molecule has 5 saturated heterocycles. The van der Waals surface area contributed by atoms with Crippen LogP contribution in [0.2, 0.25) is 5.02 Å². The molecule has 1 unspecified atom stereocenters. The predicted octanol–water partition coefficient (Wildman–Crippen LogP) is 6.59. The van der Waals surface area contributed by atoms with Crippen LogP contribution in [0.5, 0.6) is 5.75 Å². The molecule has 6 aliphatic rings. The summed E-state index contributed by atoms with van der Waals surface area (Å²) in [5.41, 5.74) is 4.83. The van der Waals surface area contributed by atoms with Gasteiger partial charge in [-0.25, -0.2) is 9.97 Å². The summed E-state index contributed by atoms with van der Waals surface area (Å²) in [6.07, 6.45) is 8.99. The number of carbonyl (C=O) groups excluding carboxylic acids is 4. The number of benzene rings is 3. The van der Waals surface area contributed by atoms with Crippen molar-refractivity contribution in [1.29, 1.82) is 5.26 Å². The molecule has 14 nitrogen and oxygen atoms in total. The van der Waals surface area contributed by atoms with E-state index >= 15 is 0 Å². The molecule has 4 aromatic rings. The van der Waals surface area contributed by atoms with E-state index in [0.29, 0.717) is 40.3 Å². The summed E-state index contributed by atoms with van der Waals surface area (Å²) in [6.45, 7) is 13.8. The van der Waals surface area contributed by atoms with Crippen LogP contribution in [0.15, 0.2) is 72.9 Å². The number of nitrogens with one attached hydrogen (secondary N) is 1. The number of imide groups is 2. The van der Waals surface area contributed by atoms with E-state index in [1.54, 1.807) is 12.1 Å². The molecule has 3 aromatic carbocycles. The van der Waals surface area contributed by atoms with E-state index in [4.69, 9.17) is 21.3 Å². The number of rotatable bonds is 11. The van der Waals surface area contributed by atoms with E-state index in [1.165, 1.54) is 12.8 Å². The van der Waals surface area contributed by atoms with Crippen LogP contribution in [-0.4, -0.2) is 119 Å². The molecule has 10 rings (SSSR count). The highest BCUT2D eigenvalue weighted by Gasteiger charge is 2.50. The molecule has 1 N–H and O–H groups in total. The largest absolute Gasteiger partial charge is 0.487 e. The highest BCUT2D eigenvalue weighted by atomic mass is 35.5. The lowest BCUT2D eigenvalue weighted by Gasteiger charge is -2.55. The fourth-order valence-electron chi connectivity index (χ4n) is 11.4. The fraction of sp³-hybridized carbons (Fsp3) is 0.481. The zero-order chi connectivity index (χ0) is 46.5. The van der Waals surface area contributed by atoms with E-state index < -0.39 is 23.8 Å². The summed E-state index contributed by atoms with van der Waals surface area (Å²) < 4.78 is 6.17. The van der Waals surface area contributed by atoms with Crippen LogP contribution in [0, 0.1) is 22.7 Å². The first-order valence-electron chi connectivity index (χ1n) is 23.9. The summed E-state index contributed by atoms with van der Waals surface area (Å²) in [5, 5.41) is 12.3. The minimum atomic E-state index is -0.962. The van der Waals surface area contributed by atoms with Crippen LogP contribution in [0.4, 0.5) is 11.6 Å². The van der Waals surface area contributed by atoms with Gasteiger partial charge >= 0.3 is 0 Å². The maximum atomic E-state index is 13.7. The standard InChI is InChI=1S/C52H58ClN9O5/c1-51(2,37-26-35(29-54)27-38(53)28-37)36-6-8-41(9-7-36)67-31-39-12-19-55-50(56-39)60-22-15-40(16-23-60)59-20-13-34(14-21-59)30-58-24-17-52(18-25-58)32-61(33-52)43-5-3-4-42-46(43)49(66)62(48(42)65)44-10-11-45(63)57-47(44)64/h3-9,12,19,26-28,34,40,44H,10-11,13-18,20-25,30-33H2,1-2H3,(H,57,63,64). The van der Waals surface area contributed by atoms with Gasteiger partial charge in [0.15, 0.2) is 0 Å². The average Bonchev–Trinajstić information content (AvgIpc) is 3.59. The summed E-state index contributed by atoms with van der Waals surface area (Å²) in [5.74, 6) is 0.374. The molecule has 1 atom stereocenters. The van der Waals surface area contributed by atoms with Crippen molar-refractivity contribution in [2.45, 2.75) is 89.3 Å². The molecular formula is C52H58ClN9O5. The van der Waals surface area contributed by atoms with Crippen molar-refractivity contribution in [2.24, 2.45) is 11.3 Å². The molecule has 348 valence electrons. The molecule has 0 aliphatic carbocycles. The Kier molecular flexibility index (Phi) is 12.3. The lowest BCUT2D eigenvalue weighted by atomic mass is 9.71. The van der Waals surface area contributed by atoms with Crippen LogP contribution in [0.1, 0.15) is 108 Å². The van der Waals surface area contributed by atoms with Gasteiger partial charge in [-0.2, -0.15) is 5.26 Å². The minimum absolute atomic E-state index is 0.105. The third-order valence-electron chi connectivity index (χ3n) is 15.6. The fourth-order valence-corrected chi connectivity index (χ4v) is 11.7. The summed E-state index contributed by atoms with van der Waals surface area (Å²) >= 11 is 6.32. The van der Waals surface area contributed by atoms with Gasteiger partial charge in [0.1, 0.15) is 18.4 Å². The van der Waals surface area contributed by atoms with Crippen LogP contribution >= 0.6 is 11.6 Å². The highest BCUT2D eigenvalue weighted by Crippen LogP contribution is 2.46. The Balaban J connectivity index is 0.646. The Bertz CT molecular complexity index is 2600. The highest BCUT2D eigenvalue weighted by molar-refractivity contribution is 6.30. The Hall–Kier alpha value is -5.88. The summed E-state index contributed by atoms with van der Waals surface area (Å²) in [4.78, 5) is 72.0. The smallest absolute Gasteiger partial charge is 0.264 e. The molecule has 6 aliphatic heterocycles. The summed E-state index contributed by atoms with van der Waals surface area (Å²) in [6, 6.07) is 22.7. The van der Waals surface area contributed by atoms with Crippen molar-refractivity contribution in [3.05, 3.63) is 111 Å². The quantitative estimate of drug-likeness (QED) is 0.162. The number of anilines is 2. The third kappa shape index (κ3) is 9.01. The molecule has 0 saturated carbocycles. The van der Waals surface area contributed by atoms with Crippen molar-refractivity contribution >= 4 is 46.9 Å². The minimum Gasteiger partial charge on any atom is -0.487 e. The number of likely N-dealkylation sites (tertiary alicyclic amines) is 2. The van der Waals surface area contributed by atoms with Crippen LogP contribution in [0.25, 0.3) is 0 Å². The second-order valence-electron chi connectivity index (χ2n) is 20.1. The van der Waals surface area contributed by atoms with Gasteiger partial charge in [0.2, 0.25) is 17.8 Å². The van der Waals surface area contributed by atoms with E-state index in [2.05, 4.69) is 61.9 Å². The number of ether oxygens (including phenoxy) is 1. The number of nitriles is 1. The molecule has 0 bridgehead atoms. The summed E-state index contributed by atoms with van der Waals surface area (Å²) in [7, 11) is 0. The van der Waals surface area contributed by atoms with Gasteiger partial charge in [-0.15, -0.1) is 0 Å². The van der Waals surface area contributed by atoms with Gasteiger partial charge in [-0.3, -0.25) is 29.4 Å².